The lowest BCUT2D eigenvalue weighted by atomic mass is 9.93. The Labute approximate surface area is 213 Å². The largest absolute Gasteiger partial charge is 0.845 e. The molecule has 2 aromatic rings. The van der Waals surface area contributed by atoms with Crippen LogP contribution in [0, 0.1) is 0 Å². The number of rotatable bonds is 6. The van der Waals surface area contributed by atoms with Crippen LogP contribution in [-0.2, 0) is 35.9 Å². The molecule has 4 aliphatic rings. The van der Waals surface area contributed by atoms with Crippen molar-refractivity contribution in [1.82, 2.24) is 14.7 Å². The third-order valence-electron chi connectivity index (χ3n) is 8.46. The highest BCUT2D eigenvalue weighted by Crippen LogP contribution is 2.39. The van der Waals surface area contributed by atoms with E-state index >= 15 is 0 Å². The number of likely N-dealkylation sites (tertiary alicyclic amines) is 1. The second-order valence-electron chi connectivity index (χ2n) is 10.8. The molecule has 10 heteroatoms. The van der Waals surface area contributed by atoms with Gasteiger partial charge in [0.2, 0.25) is 0 Å². The van der Waals surface area contributed by atoms with Crippen LogP contribution in [0.2, 0.25) is 0 Å². The molecule has 0 unspecified atom stereocenters. The fourth-order valence-electron chi connectivity index (χ4n) is 6.30. The van der Waals surface area contributed by atoms with Gasteiger partial charge in [-0.15, -0.1) is 4.40 Å². The minimum atomic E-state index is -4.27. The Hall–Kier alpha value is -2.59. The molecule has 6 rings (SSSR count). The Morgan fingerprint density at radius 3 is 2.33 bits per heavy atom. The van der Waals surface area contributed by atoms with Crippen LogP contribution in [0.15, 0.2) is 22.9 Å². The summed E-state index contributed by atoms with van der Waals surface area (Å²) in [4.78, 5) is 2.19. The molecule has 1 saturated carbocycles. The first-order valence-electron chi connectivity index (χ1n) is 13.4. The minimum absolute atomic E-state index is 0.257. The number of fused-ring (bicyclic) bond motifs is 2. The van der Waals surface area contributed by atoms with Gasteiger partial charge in [-0.2, -0.15) is 13.5 Å². The van der Waals surface area contributed by atoms with Gasteiger partial charge in [-0.05, 0) is 113 Å². The second kappa shape index (κ2) is 9.37. The summed E-state index contributed by atoms with van der Waals surface area (Å²) in [6, 6.07) is 1.54. The van der Waals surface area contributed by atoms with Crippen LogP contribution in [0.1, 0.15) is 73.2 Å². The first kappa shape index (κ1) is 23.8. The first-order chi connectivity index (χ1) is 17.4. The Kier molecular flexibility index (Phi) is 6.19. The van der Waals surface area contributed by atoms with Gasteiger partial charge in [0.15, 0.2) is 0 Å². The molecule has 36 heavy (non-hydrogen) atoms. The smallest absolute Gasteiger partial charge is 0.345 e. The summed E-state index contributed by atoms with van der Waals surface area (Å²) >= 11 is 0. The van der Waals surface area contributed by atoms with E-state index in [9.17, 15) is 13.5 Å². The zero-order valence-electron chi connectivity index (χ0n) is 20.9. The standard InChI is InChI=1S/C26H36N6O3S/c1-30-13-11-21(12-14-30)32(22-16-27-31(17-22)20-7-4-8-20)36(34,35)29-26(33)28-25-23-9-2-5-18(23)15-19-6-3-10-24(19)25/h15-17,20-21H,2-14H2,1H3,(H2,28,29,33)/p-1. The Morgan fingerprint density at radius 2 is 1.72 bits per heavy atom. The van der Waals surface area contributed by atoms with Crippen LogP contribution < -0.4 is 14.7 Å². The molecule has 1 aromatic heterocycles. The maximum Gasteiger partial charge on any atom is 0.345 e. The molecule has 0 bridgehead atoms. The molecule has 0 spiro atoms. The highest BCUT2D eigenvalue weighted by Gasteiger charge is 2.34. The lowest BCUT2D eigenvalue weighted by molar-refractivity contribution is -0.213. The zero-order valence-corrected chi connectivity index (χ0v) is 21.8. The third kappa shape index (κ3) is 4.38. The fourth-order valence-corrected chi connectivity index (χ4v) is 7.59. The summed E-state index contributed by atoms with van der Waals surface area (Å²) in [7, 11) is -2.23. The predicted octanol–water partition coefficient (Wildman–Crippen LogP) is 2.56. The number of anilines is 2. The number of aryl methyl sites for hydroxylation is 2. The third-order valence-corrected chi connectivity index (χ3v) is 9.87. The average Bonchev–Trinajstić information content (AvgIpc) is 3.54. The van der Waals surface area contributed by atoms with Crippen molar-refractivity contribution in [1.29, 1.82) is 0 Å². The predicted molar refractivity (Wildman–Crippen MR) is 139 cm³/mol. The zero-order chi connectivity index (χ0) is 24.9. The maximum atomic E-state index is 13.7. The van der Waals surface area contributed by atoms with Gasteiger partial charge in [-0.3, -0.25) is 4.68 Å². The number of hydrogen-bond acceptors (Lipinski definition) is 5. The number of hydrogen-bond donors (Lipinski definition) is 1. The van der Waals surface area contributed by atoms with E-state index in [4.69, 9.17) is 0 Å². The second-order valence-corrected chi connectivity index (χ2v) is 12.3. The summed E-state index contributed by atoms with van der Waals surface area (Å²) in [6.07, 6.45) is 14.0. The van der Waals surface area contributed by atoms with E-state index in [1.165, 1.54) is 21.9 Å². The number of aromatic nitrogens is 2. The summed E-state index contributed by atoms with van der Waals surface area (Å²) in [6.45, 7) is 1.59. The Bertz CT molecular complexity index is 1240. The quantitative estimate of drug-likeness (QED) is 0.472. The molecule has 0 atom stereocenters. The summed E-state index contributed by atoms with van der Waals surface area (Å²) in [5.41, 5.74) is 6.19. The van der Waals surface area contributed by atoms with Crippen molar-refractivity contribution in [2.75, 3.05) is 29.8 Å². The van der Waals surface area contributed by atoms with E-state index in [0.717, 1.165) is 81.3 Å². The molecule has 0 radical (unpaired) electrons. The minimum Gasteiger partial charge on any atom is -0.845 e. The molecular formula is C26H35N6O3S-. The topological polar surface area (TPSA) is 106 Å². The molecule has 0 amide bonds. The molecular weight excluding hydrogens is 476 g/mol. The van der Waals surface area contributed by atoms with Crippen LogP contribution in [0.4, 0.5) is 11.4 Å². The van der Waals surface area contributed by atoms with Crippen LogP contribution >= 0.6 is 0 Å². The molecule has 194 valence electrons. The molecule has 1 saturated heterocycles. The summed E-state index contributed by atoms with van der Waals surface area (Å²) in [5.74, 6) is 0. The van der Waals surface area contributed by atoms with Crippen LogP contribution in [0.5, 0.6) is 0 Å². The molecule has 1 N–H and O–H groups in total. The Balaban J connectivity index is 1.32. The highest BCUT2D eigenvalue weighted by atomic mass is 32.2. The van der Waals surface area contributed by atoms with Gasteiger partial charge in [0, 0.05) is 17.9 Å². The van der Waals surface area contributed by atoms with E-state index in [0.29, 0.717) is 24.6 Å². The molecule has 9 nitrogen and oxygen atoms in total. The van der Waals surface area contributed by atoms with E-state index in [2.05, 4.69) is 25.8 Å². The van der Waals surface area contributed by atoms with Crippen molar-refractivity contribution >= 4 is 27.6 Å². The van der Waals surface area contributed by atoms with Crippen molar-refractivity contribution < 1.29 is 13.5 Å². The van der Waals surface area contributed by atoms with Crippen molar-refractivity contribution in [2.24, 2.45) is 4.40 Å². The molecule has 2 heterocycles. The van der Waals surface area contributed by atoms with E-state index in [1.54, 1.807) is 6.20 Å². The van der Waals surface area contributed by atoms with Gasteiger partial charge in [0.25, 0.3) is 0 Å². The molecule has 1 aliphatic heterocycles. The van der Waals surface area contributed by atoms with Gasteiger partial charge in [-0.1, -0.05) is 6.07 Å². The van der Waals surface area contributed by atoms with E-state index in [-0.39, 0.29) is 6.04 Å². The van der Waals surface area contributed by atoms with E-state index < -0.39 is 16.2 Å². The van der Waals surface area contributed by atoms with Gasteiger partial charge < -0.3 is 15.3 Å². The van der Waals surface area contributed by atoms with Gasteiger partial charge in [0.05, 0.1) is 23.9 Å². The van der Waals surface area contributed by atoms with Crippen molar-refractivity contribution in [2.45, 2.75) is 82.7 Å². The van der Waals surface area contributed by atoms with E-state index in [1.807, 2.05) is 17.9 Å². The molecule has 3 aliphatic carbocycles. The lowest BCUT2D eigenvalue weighted by Gasteiger charge is -2.36. The van der Waals surface area contributed by atoms with Gasteiger partial charge >= 0.3 is 10.2 Å². The number of amidine groups is 1. The molecule has 2 fully saturated rings. The SMILES string of the molecule is CN1CCC(N(c2cnn(C3CCC3)c2)S(=O)(=O)/N=C(\[O-])Nc2c3c(cc4c2CCC4)CCC3)CC1. The normalized spacial score (nSPS) is 21.3. The number of piperidine rings is 1. The Morgan fingerprint density at radius 1 is 1.06 bits per heavy atom. The first-order valence-corrected chi connectivity index (χ1v) is 14.8. The fraction of sp³-hybridized carbons (Fsp3) is 0.615. The number of nitrogens with zero attached hydrogens (tertiary/aromatic N) is 5. The monoisotopic (exact) mass is 511 g/mol. The number of benzene rings is 1. The van der Waals surface area contributed by atoms with Crippen LogP contribution in [-0.4, -0.2) is 55.3 Å². The highest BCUT2D eigenvalue weighted by molar-refractivity contribution is 7.91. The average molecular weight is 512 g/mol. The van der Waals surface area contributed by atoms with Crippen molar-refractivity contribution in [3.63, 3.8) is 0 Å². The van der Waals surface area contributed by atoms with Crippen LogP contribution in [0.25, 0.3) is 0 Å². The van der Waals surface area contributed by atoms with Crippen LogP contribution in [0.3, 0.4) is 0 Å². The van der Waals surface area contributed by atoms with Crippen molar-refractivity contribution in [3.05, 3.63) is 40.7 Å². The lowest BCUT2D eigenvalue weighted by Crippen LogP contribution is -2.47. The van der Waals surface area contributed by atoms with Crippen molar-refractivity contribution in [3.8, 4) is 0 Å². The summed E-state index contributed by atoms with van der Waals surface area (Å²) in [5, 5.41) is 20.5. The number of nitrogens with one attached hydrogen (secondary N) is 1. The van der Waals surface area contributed by atoms with Gasteiger partial charge in [-0.25, -0.2) is 4.31 Å². The molecule has 1 aromatic carbocycles. The summed E-state index contributed by atoms with van der Waals surface area (Å²) < 4.78 is 34.4. The maximum absolute atomic E-state index is 13.7. The van der Waals surface area contributed by atoms with Gasteiger partial charge in [0.1, 0.15) is 0 Å².